The van der Waals surface area contributed by atoms with Crippen LogP contribution in [0, 0.1) is 25.2 Å². The number of nitrogens with one attached hydrogen (secondary N) is 2. The van der Waals surface area contributed by atoms with Gasteiger partial charge in [0.2, 0.25) is 6.79 Å². The quantitative estimate of drug-likeness (QED) is 0.640. The van der Waals surface area contributed by atoms with Crippen LogP contribution in [0.2, 0.25) is 0 Å². The van der Waals surface area contributed by atoms with E-state index >= 15 is 0 Å². The first-order valence-corrected chi connectivity index (χ1v) is 8.17. The molecule has 3 rings (SSSR count). The molecular weight excluding hydrogens is 330 g/mol. The number of fused-ring (bicyclic) bond motifs is 1. The molecule has 2 aromatic rings. The summed E-state index contributed by atoms with van der Waals surface area (Å²) in [6.07, 6.45) is 1.43. The summed E-state index contributed by atoms with van der Waals surface area (Å²) in [6.45, 7) is 4.44. The topological polar surface area (TPSA) is 83.4 Å². The average Bonchev–Trinajstić information content (AvgIpc) is 3.11. The fourth-order valence-electron chi connectivity index (χ4n) is 2.52. The Hall–Kier alpha value is -3.46. The number of carbonyl (C=O) groups excluding carboxylic acids is 1. The lowest BCUT2D eigenvalue weighted by molar-refractivity contribution is -0.117. The van der Waals surface area contributed by atoms with Crippen LogP contribution in [-0.2, 0) is 11.3 Å². The number of benzene rings is 2. The molecule has 1 amide bonds. The SMILES string of the molecule is Cc1ccc(C)c(N/C=C(/C#N)C(=O)NCc2ccc3c(c2)OCO3)c1. The molecule has 0 saturated carbocycles. The summed E-state index contributed by atoms with van der Waals surface area (Å²) in [5.41, 5.74) is 3.86. The molecule has 0 aliphatic carbocycles. The highest BCUT2D eigenvalue weighted by Gasteiger charge is 2.14. The van der Waals surface area contributed by atoms with Gasteiger partial charge in [0.05, 0.1) is 0 Å². The summed E-state index contributed by atoms with van der Waals surface area (Å²) in [7, 11) is 0. The Balaban J connectivity index is 1.63. The summed E-state index contributed by atoms with van der Waals surface area (Å²) >= 11 is 0. The smallest absolute Gasteiger partial charge is 0.263 e. The summed E-state index contributed by atoms with van der Waals surface area (Å²) in [5.74, 6) is 0.905. The summed E-state index contributed by atoms with van der Waals surface area (Å²) in [4.78, 5) is 12.3. The molecule has 0 fully saturated rings. The molecule has 1 heterocycles. The number of rotatable bonds is 5. The van der Waals surface area contributed by atoms with E-state index < -0.39 is 5.91 Å². The van der Waals surface area contributed by atoms with Crippen LogP contribution < -0.4 is 20.1 Å². The molecule has 0 spiro atoms. The number of hydrogen-bond acceptors (Lipinski definition) is 5. The fraction of sp³-hybridized carbons (Fsp3) is 0.200. The van der Waals surface area contributed by atoms with Gasteiger partial charge in [-0.1, -0.05) is 18.2 Å². The molecule has 6 heteroatoms. The highest BCUT2D eigenvalue weighted by Crippen LogP contribution is 2.32. The van der Waals surface area contributed by atoms with Crippen molar-refractivity contribution >= 4 is 11.6 Å². The highest BCUT2D eigenvalue weighted by atomic mass is 16.7. The van der Waals surface area contributed by atoms with Gasteiger partial charge in [0, 0.05) is 18.4 Å². The number of hydrogen-bond donors (Lipinski definition) is 2. The molecule has 1 aliphatic heterocycles. The molecule has 0 unspecified atom stereocenters. The van der Waals surface area contributed by atoms with Crippen molar-refractivity contribution in [1.29, 1.82) is 5.26 Å². The van der Waals surface area contributed by atoms with Crippen LogP contribution in [0.1, 0.15) is 16.7 Å². The van der Waals surface area contributed by atoms with Crippen LogP contribution in [0.4, 0.5) is 5.69 Å². The molecule has 0 bridgehead atoms. The summed E-state index contributed by atoms with van der Waals surface area (Å²) in [6, 6.07) is 13.3. The molecule has 0 saturated heterocycles. The maximum atomic E-state index is 12.3. The summed E-state index contributed by atoms with van der Waals surface area (Å²) < 4.78 is 10.6. The number of ether oxygens (including phenoxy) is 2. The number of nitrogens with zero attached hydrogens (tertiary/aromatic N) is 1. The standard InChI is InChI=1S/C20H19N3O3/c1-13-3-4-14(2)17(7-13)22-11-16(9-21)20(24)23-10-15-5-6-18-19(8-15)26-12-25-18/h3-8,11,22H,10,12H2,1-2H3,(H,23,24)/b16-11-. The second kappa shape index (κ2) is 7.62. The van der Waals surface area contributed by atoms with Crippen LogP contribution in [-0.4, -0.2) is 12.7 Å². The number of anilines is 1. The maximum Gasteiger partial charge on any atom is 0.263 e. The predicted octanol–water partition coefficient (Wildman–Crippen LogP) is 3.17. The van der Waals surface area contributed by atoms with E-state index in [1.807, 2.05) is 50.2 Å². The molecule has 6 nitrogen and oxygen atoms in total. The van der Waals surface area contributed by atoms with Gasteiger partial charge in [0.1, 0.15) is 11.6 Å². The van der Waals surface area contributed by atoms with E-state index in [1.165, 1.54) is 6.20 Å². The van der Waals surface area contributed by atoms with Gasteiger partial charge in [0.25, 0.3) is 5.91 Å². The molecule has 2 aromatic carbocycles. The number of aryl methyl sites for hydroxylation is 2. The van der Waals surface area contributed by atoms with Crippen molar-refractivity contribution in [3.8, 4) is 17.6 Å². The first kappa shape index (κ1) is 17.4. The highest BCUT2D eigenvalue weighted by molar-refractivity contribution is 5.97. The third-order valence-electron chi connectivity index (χ3n) is 4.02. The van der Waals surface area contributed by atoms with Crippen LogP contribution in [0.25, 0.3) is 0 Å². The zero-order valence-corrected chi connectivity index (χ0v) is 14.6. The van der Waals surface area contributed by atoms with Gasteiger partial charge < -0.3 is 20.1 Å². The largest absolute Gasteiger partial charge is 0.454 e. The van der Waals surface area contributed by atoms with Gasteiger partial charge in [-0.15, -0.1) is 0 Å². The Labute approximate surface area is 152 Å². The zero-order chi connectivity index (χ0) is 18.5. The van der Waals surface area contributed by atoms with E-state index in [-0.39, 0.29) is 18.9 Å². The Morgan fingerprint density at radius 3 is 2.81 bits per heavy atom. The van der Waals surface area contributed by atoms with Gasteiger partial charge >= 0.3 is 0 Å². The third-order valence-corrected chi connectivity index (χ3v) is 4.02. The zero-order valence-electron chi connectivity index (χ0n) is 14.6. The lowest BCUT2D eigenvalue weighted by Gasteiger charge is -2.08. The molecule has 2 N–H and O–H groups in total. The van der Waals surface area contributed by atoms with Crippen molar-refractivity contribution in [3.05, 3.63) is 64.9 Å². The van der Waals surface area contributed by atoms with Crippen molar-refractivity contribution < 1.29 is 14.3 Å². The first-order chi connectivity index (χ1) is 12.6. The minimum atomic E-state index is -0.442. The lowest BCUT2D eigenvalue weighted by Crippen LogP contribution is -2.24. The minimum absolute atomic E-state index is 0.00616. The molecule has 0 atom stereocenters. The van der Waals surface area contributed by atoms with Crippen LogP contribution in [0.5, 0.6) is 11.5 Å². The molecule has 26 heavy (non-hydrogen) atoms. The first-order valence-electron chi connectivity index (χ1n) is 8.17. The lowest BCUT2D eigenvalue weighted by atomic mass is 10.1. The van der Waals surface area contributed by atoms with E-state index in [2.05, 4.69) is 10.6 Å². The Morgan fingerprint density at radius 1 is 1.19 bits per heavy atom. The second-order valence-electron chi connectivity index (χ2n) is 6.00. The second-order valence-corrected chi connectivity index (χ2v) is 6.00. The van der Waals surface area contributed by atoms with Gasteiger partial charge in [-0.3, -0.25) is 4.79 Å². The van der Waals surface area contributed by atoms with E-state index in [0.717, 1.165) is 22.4 Å². The van der Waals surface area contributed by atoms with Crippen molar-refractivity contribution in [3.63, 3.8) is 0 Å². The summed E-state index contributed by atoms with van der Waals surface area (Å²) in [5, 5.41) is 15.0. The Morgan fingerprint density at radius 2 is 2.00 bits per heavy atom. The normalized spacial score (nSPS) is 12.4. The van der Waals surface area contributed by atoms with Crippen LogP contribution in [0.3, 0.4) is 0 Å². The van der Waals surface area contributed by atoms with Crippen molar-refractivity contribution in [2.75, 3.05) is 12.1 Å². The Kier molecular flexibility index (Phi) is 5.09. The predicted molar refractivity (Wildman–Crippen MR) is 97.6 cm³/mol. The van der Waals surface area contributed by atoms with Crippen molar-refractivity contribution in [2.24, 2.45) is 0 Å². The van der Waals surface area contributed by atoms with Crippen LogP contribution in [0.15, 0.2) is 48.2 Å². The Bertz CT molecular complexity index is 913. The molecule has 132 valence electrons. The van der Waals surface area contributed by atoms with E-state index in [1.54, 1.807) is 6.07 Å². The van der Waals surface area contributed by atoms with Gasteiger partial charge in [-0.05, 0) is 48.7 Å². The van der Waals surface area contributed by atoms with Crippen molar-refractivity contribution in [1.82, 2.24) is 5.32 Å². The van der Waals surface area contributed by atoms with Gasteiger partial charge in [0.15, 0.2) is 11.5 Å². The minimum Gasteiger partial charge on any atom is -0.454 e. The number of amides is 1. The number of nitriles is 1. The molecule has 0 radical (unpaired) electrons. The molecule has 0 aromatic heterocycles. The van der Waals surface area contributed by atoms with Crippen molar-refractivity contribution in [2.45, 2.75) is 20.4 Å². The third kappa shape index (κ3) is 3.95. The molecular formula is C20H19N3O3. The number of carbonyl (C=O) groups is 1. The van der Waals surface area contributed by atoms with E-state index in [9.17, 15) is 10.1 Å². The van der Waals surface area contributed by atoms with E-state index in [0.29, 0.717) is 11.5 Å². The molecule has 1 aliphatic rings. The van der Waals surface area contributed by atoms with Gasteiger partial charge in [-0.25, -0.2) is 0 Å². The monoisotopic (exact) mass is 349 g/mol. The van der Waals surface area contributed by atoms with Crippen LogP contribution >= 0.6 is 0 Å². The fourth-order valence-corrected chi connectivity index (χ4v) is 2.52. The maximum absolute atomic E-state index is 12.3. The average molecular weight is 349 g/mol. The van der Waals surface area contributed by atoms with E-state index in [4.69, 9.17) is 9.47 Å². The van der Waals surface area contributed by atoms with Gasteiger partial charge in [-0.2, -0.15) is 5.26 Å².